The van der Waals surface area contributed by atoms with Crippen LogP contribution in [0.5, 0.6) is 0 Å². The highest BCUT2D eigenvalue weighted by molar-refractivity contribution is 5.01. The largest absolute Gasteiger partial charge is 0.205 e. The third kappa shape index (κ3) is 10.8. The monoisotopic (exact) mass is 332 g/mol. The molecule has 1 nitrogen and oxygen atoms in total. The van der Waals surface area contributed by atoms with Crippen molar-refractivity contribution in [2.24, 2.45) is 17.8 Å². The quantitative estimate of drug-likeness (QED) is 0.279. The van der Waals surface area contributed by atoms with E-state index in [0.29, 0.717) is 0 Å². The summed E-state index contributed by atoms with van der Waals surface area (Å²) in [7, 11) is 0. The SMILES string of the molecule is Cc1ccc[n+](CCCCC(C)CCCC(C)CCCC(C)C)c1. The maximum atomic E-state index is 2.45. The molecule has 0 aliphatic heterocycles. The lowest BCUT2D eigenvalue weighted by atomic mass is 9.92. The molecule has 0 bridgehead atoms. The van der Waals surface area contributed by atoms with Crippen LogP contribution < -0.4 is 4.57 Å². The number of aromatic nitrogens is 1. The molecule has 0 amide bonds. The zero-order valence-electron chi connectivity index (χ0n) is 17.1. The summed E-state index contributed by atoms with van der Waals surface area (Å²) in [6.45, 7) is 12.9. The lowest BCUT2D eigenvalue weighted by molar-refractivity contribution is -0.697. The van der Waals surface area contributed by atoms with Crippen molar-refractivity contribution in [2.75, 3.05) is 0 Å². The molecule has 1 aromatic heterocycles. The Labute approximate surface area is 151 Å². The van der Waals surface area contributed by atoms with Gasteiger partial charge in [-0.3, -0.25) is 0 Å². The van der Waals surface area contributed by atoms with Crippen molar-refractivity contribution in [3.63, 3.8) is 0 Å². The minimum atomic E-state index is 0.871. The van der Waals surface area contributed by atoms with E-state index in [9.17, 15) is 0 Å². The van der Waals surface area contributed by atoms with E-state index in [1.54, 1.807) is 0 Å². The highest BCUT2D eigenvalue weighted by Gasteiger charge is 2.07. The van der Waals surface area contributed by atoms with Gasteiger partial charge in [0.2, 0.25) is 0 Å². The Morgan fingerprint density at radius 1 is 0.792 bits per heavy atom. The van der Waals surface area contributed by atoms with Gasteiger partial charge in [-0.2, -0.15) is 0 Å². The topological polar surface area (TPSA) is 3.88 Å². The van der Waals surface area contributed by atoms with Crippen LogP contribution >= 0.6 is 0 Å². The zero-order chi connectivity index (χ0) is 17.8. The number of unbranched alkanes of at least 4 members (excludes halogenated alkanes) is 1. The average molecular weight is 333 g/mol. The van der Waals surface area contributed by atoms with Crippen molar-refractivity contribution in [2.45, 2.75) is 99.0 Å². The molecule has 2 atom stereocenters. The van der Waals surface area contributed by atoms with Crippen LogP contribution in [0.15, 0.2) is 24.5 Å². The van der Waals surface area contributed by atoms with E-state index in [1.807, 2.05) is 0 Å². The number of hydrogen-bond acceptors (Lipinski definition) is 0. The van der Waals surface area contributed by atoms with Gasteiger partial charge in [-0.15, -0.1) is 0 Å². The van der Waals surface area contributed by atoms with Gasteiger partial charge in [0.15, 0.2) is 12.4 Å². The third-order valence-electron chi connectivity index (χ3n) is 5.24. The second-order valence-corrected chi connectivity index (χ2v) is 8.58. The van der Waals surface area contributed by atoms with Crippen LogP contribution in [0.4, 0.5) is 0 Å². The molecule has 138 valence electrons. The van der Waals surface area contributed by atoms with E-state index in [2.05, 4.69) is 63.7 Å². The van der Waals surface area contributed by atoms with Crippen molar-refractivity contribution in [3.05, 3.63) is 30.1 Å². The summed E-state index contributed by atoms with van der Waals surface area (Å²) >= 11 is 0. The lowest BCUT2D eigenvalue weighted by Gasteiger charge is -2.14. The van der Waals surface area contributed by atoms with Crippen molar-refractivity contribution < 1.29 is 4.57 Å². The minimum absolute atomic E-state index is 0.871. The molecule has 0 radical (unpaired) electrons. The summed E-state index contributed by atoms with van der Waals surface area (Å²) in [5.74, 6) is 2.69. The van der Waals surface area contributed by atoms with E-state index in [0.717, 1.165) is 17.8 Å². The number of pyridine rings is 1. The molecule has 2 unspecified atom stereocenters. The van der Waals surface area contributed by atoms with E-state index in [-0.39, 0.29) is 0 Å². The van der Waals surface area contributed by atoms with E-state index < -0.39 is 0 Å². The molecule has 0 spiro atoms. The Hall–Kier alpha value is -0.850. The lowest BCUT2D eigenvalue weighted by Crippen LogP contribution is -2.32. The fourth-order valence-electron chi connectivity index (χ4n) is 3.56. The molecule has 1 aromatic rings. The standard InChI is InChI=1S/C23H42N/c1-20(2)11-8-13-22(4)15-9-14-21(3)12-6-7-17-24-18-10-16-23(5)19-24/h10,16,18-22H,6-9,11-15,17H2,1-5H3/q+1. The van der Waals surface area contributed by atoms with Gasteiger partial charge < -0.3 is 0 Å². The van der Waals surface area contributed by atoms with Crippen molar-refractivity contribution in [3.8, 4) is 0 Å². The van der Waals surface area contributed by atoms with Gasteiger partial charge in [0, 0.05) is 18.1 Å². The molecule has 1 rings (SSSR count). The Morgan fingerprint density at radius 2 is 1.38 bits per heavy atom. The summed E-state index contributed by atoms with van der Waals surface area (Å²) in [5.41, 5.74) is 1.35. The molecule has 1 heteroatoms. The molecule has 24 heavy (non-hydrogen) atoms. The Kier molecular flexibility index (Phi) is 11.0. The second-order valence-electron chi connectivity index (χ2n) is 8.58. The first kappa shape index (κ1) is 21.2. The summed E-state index contributed by atoms with van der Waals surface area (Å²) in [6, 6.07) is 4.32. The van der Waals surface area contributed by atoms with Crippen LogP contribution in [0.2, 0.25) is 0 Å². The first-order valence-electron chi connectivity index (χ1n) is 10.4. The van der Waals surface area contributed by atoms with Gasteiger partial charge in [0.05, 0.1) is 0 Å². The maximum absolute atomic E-state index is 2.45. The highest BCUT2D eigenvalue weighted by Crippen LogP contribution is 2.21. The smallest absolute Gasteiger partial charge is 0.171 e. The number of aryl methyl sites for hydroxylation is 2. The van der Waals surface area contributed by atoms with E-state index in [1.165, 1.54) is 69.9 Å². The Morgan fingerprint density at radius 3 is 1.96 bits per heavy atom. The maximum Gasteiger partial charge on any atom is 0.171 e. The van der Waals surface area contributed by atoms with Crippen LogP contribution in [-0.2, 0) is 6.54 Å². The number of rotatable bonds is 13. The van der Waals surface area contributed by atoms with Crippen LogP contribution in [0.1, 0.15) is 91.0 Å². The molecule has 0 fully saturated rings. The van der Waals surface area contributed by atoms with E-state index in [4.69, 9.17) is 0 Å². The van der Waals surface area contributed by atoms with Gasteiger partial charge in [-0.25, -0.2) is 4.57 Å². The summed E-state index contributed by atoms with van der Waals surface area (Å²) < 4.78 is 2.33. The van der Waals surface area contributed by atoms with Crippen LogP contribution in [0.25, 0.3) is 0 Å². The van der Waals surface area contributed by atoms with Gasteiger partial charge >= 0.3 is 0 Å². The molecule has 0 aliphatic rings. The molecule has 0 saturated carbocycles. The second kappa shape index (κ2) is 12.5. The Bertz CT molecular complexity index is 424. The van der Waals surface area contributed by atoms with Crippen LogP contribution in [0.3, 0.4) is 0 Å². The summed E-state index contributed by atoms with van der Waals surface area (Å²) in [4.78, 5) is 0. The summed E-state index contributed by atoms with van der Waals surface area (Å²) in [6.07, 6.45) is 17.1. The van der Waals surface area contributed by atoms with Gasteiger partial charge in [-0.05, 0) is 37.2 Å². The van der Waals surface area contributed by atoms with Gasteiger partial charge in [0.1, 0.15) is 6.54 Å². The summed E-state index contributed by atoms with van der Waals surface area (Å²) in [5, 5.41) is 0. The molecule has 0 saturated heterocycles. The van der Waals surface area contributed by atoms with Crippen LogP contribution in [-0.4, -0.2) is 0 Å². The van der Waals surface area contributed by atoms with Crippen molar-refractivity contribution >= 4 is 0 Å². The fourth-order valence-corrected chi connectivity index (χ4v) is 3.56. The predicted octanol–water partition coefficient (Wildman–Crippen LogP) is 6.72. The van der Waals surface area contributed by atoms with Crippen molar-refractivity contribution in [1.82, 2.24) is 0 Å². The third-order valence-corrected chi connectivity index (χ3v) is 5.24. The first-order valence-corrected chi connectivity index (χ1v) is 10.4. The number of hydrogen-bond donors (Lipinski definition) is 0. The molecule has 0 N–H and O–H groups in total. The minimum Gasteiger partial charge on any atom is -0.205 e. The predicted molar refractivity (Wildman–Crippen MR) is 106 cm³/mol. The molecular weight excluding hydrogens is 290 g/mol. The number of nitrogens with zero attached hydrogens (tertiary/aromatic N) is 1. The average Bonchev–Trinajstić information content (AvgIpc) is 2.51. The van der Waals surface area contributed by atoms with Gasteiger partial charge in [-0.1, -0.05) is 72.6 Å². The molecule has 0 aliphatic carbocycles. The zero-order valence-corrected chi connectivity index (χ0v) is 17.1. The normalized spacial score (nSPS) is 14.1. The van der Waals surface area contributed by atoms with Gasteiger partial charge in [0.25, 0.3) is 0 Å². The highest BCUT2D eigenvalue weighted by atomic mass is 14.9. The molecule has 0 aromatic carbocycles. The molecular formula is C23H42N+. The fraction of sp³-hybridized carbons (Fsp3) is 0.783. The van der Waals surface area contributed by atoms with E-state index >= 15 is 0 Å². The Balaban J connectivity index is 2.00. The van der Waals surface area contributed by atoms with Crippen molar-refractivity contribution in [1.29, 1.82) is 0 Å². The molecule has 1 heterocycles. The first-order chi connectivity index (χ1) is 11.5. The van der Waals surface area contributed by atoms with Crippen LogP contribution in [0, 0.1) is 24.7 Å².